The number of rotatable bonds is 9. The van der Waals surface area contributed by atoms with E-state index in [9.17, 15) is 19.7 Å². The lowest BCUT2D eigenvalue weighted by Crippen LogP contribution is -2.20. The molecule has 150 valence electrons. The van der Waals surface area contributed by atoms with E-state index in [0.29, 0.717) is 0 Å². The van der Waals surface area contributed by atoms with Crippen LogP contribution in [0.2, 0.25) is 0 Å². The number of nitrogens with zero attached hydrogens (tertiary/aromatic N) is 1. The van der Waals surface area contributed by atoms with Gasteiger partial charge in [-0.25, -0.2) is 4.79 Å². The van der Waals surface area contributed by atoms with Crippen molar-refractivity contribution in [2.75, 3.05) is 13.7 Å². The van der Waals surface area contributed by atoms with Crippen molar-refractivity contribution >= 4 is 23.7 Å². The van der Waals surface area contributed by atoms with E-state index in [2.05, 4.69) is 6.58 Å². The quantitative estimate of drug-likeness (QED) is 0.209. The van der Waals surface area contributed by atoms with Crippen LogP contribution in [0.15, 0.2) is 72.8 Å². The highest BCUT2D eigenvalue weighted by molar-refractivity contribution is 5.95. The van der Waals surface area contributed by atoms with Crippen LogP contribution in [0.25, 0.3) is 6.08 Å². The second-order valence-corrected chi connectivity index (χ2v) is 6.06. The molecule has 0 saturated heterocycles. The second kappa shape index (κ2) is 10.6. The molecule has 0 saturated carbocycles. The minimum atomic E-state index is -1.06. The van der Waals surface area contributed by atoms with Crippen molar-refractivity contribution in [1.29, 1.82) is 0 Å². The molecule has 0 heterocycles. The van der Waals surface area contributed by atoms with Crippen molar-refractivity contribution in [3.05, 3.63) is 94.1 Å². The number of hydrogen-bond acceptors (Lipinski definition) is 6. The minimum Gasteiger partial charge on any atom is -0.466 e. The normalized spacial score (nSPS) is 12.0. The first-order chi connectivity index (χ1) is 14.0. The number of nitro groups is 1. The maximum Gasteiger partial charge on any atom is 0.333 e. The van der Waals surface area contributed by atoms with Gasteiger partial charge >= 0.3 is 11.9 Å². The van der Waals surface area contributed by atoms with Crippen LogP contribution in [0.5, 0.6) is 0 Å². The maximum absolute atomic E-state index is 12.7. The molecule has 2 aromatic carbocycles. The summed E-state index contributed by atoms with van der Waals surface area (Å²) in [6, 6.07) is 14.9. The summed E-state index contributed by atoms with van der Waals surface area (Å²) >= 11 is 0. The first-order valence-corrected chi connectivity index (χ1v) is 8.82. The van der Waals surface area contributed by atoms with Gasteiger partial charge in [0, 0.05) is 17.2 Å². The molecule has 0 fully saturated rings. The van der Waals surface area contributed by atoms with Crippen molar-refractivity contribution in [3.8, 4) is 0 Å². The number of esters is 2. The lowest BCUT2D eigenvalue weighted by Gasteiger charge is -2.17. The molecule has 0 amide bonds. The molecule has 0 aliphatic heterocycles. The fourth-order valence-electron chi connectivity index (χ4n) is 2.81. The molecule has 0 aromatic heterocycles. The lowest BCUT2D eigenvalue weighted by atomic mass is 9.90. The van der Waals surface area contributed by atoms with Gasteiger partial charge in [0.2, 0.25) is 0 Å². The van der Waals surface area contributed by atoms with E-state index < -0.39 is 22.8 Å². The molecule has 2 aromatic rings. The van der Waals surface area contributed by atoms with Crippen LogP contribution in [-0.2, 0) is 19.1 Å². The Labute approximate surface area is 168 Å². The van der Waals surface area contributed by atoms with Gasteiger partial charge in [0.25, 0.3) is 5.69 Å². The zero-order valence-corrected chi connectivity index (χ0v) is 15.9. The molecular formula is C22H21NO6. The van der Waals surface area contributed by atoms with Gasteiger partial charge in [-0.1, -0.05) is 61.2 Å². The van der Waals surface area contributed by atoms with Gasteiger partial charge < -0.3 is 9.47 Å². The highest BCUT2D eigenvalue weighted by atomic mass is 16.6. The zero-order chi connectivity index (χ0) is 21.2. The molecule has 0 bridgehead atoms. The van der Waals surface area contributed by atoms with Gasteiger partial charge in [-0.05, 0) is 18.1 Å². The highest BCUT2D eigenvalue weighted by Gasteiger charge is 2.31. The van der Waals surface area contributed by atoms with Gasteiger partial charge in [0.15, 0.2) is 0 Å². The molecule has 2 rings (SSSR count). The van der Waals surface area contributed by atoms with Crippen molar-refractivity contribution in [3.63, 3.8) is 0 Å². The van der Waals surface area contributed by atoms with Crippen molar-refractivity contribution in [1.82, 2.24) is 0 Å². The van der Waals surface area contributed by atoms with Crippen LogP contribution in [0.3, 0.4) is 0 Å². The third-order valence-corrected chi connectivity index (χ3v) is 4.15. The van der Waals surface area contributed by atoms with E-state index in [-0.39, 0.29) is 29.9 Å². The Morgan fingerprint density at radius 1 is 1.14 bits per heavy atom. The van der Waals surface area contributed by atoms with E-state index in [1.54, 1.807) is 36.4 Å². The molecule has 7 heteroatoms. The average molecular weight is 395 g/mol. The Kier molecular flexibility index (Phi) is 7.85. The molecule has 0 aliphatic rings. The maximum atomic E-state index is 12.7. The topological polar surface area (TPSA) is 95.7 Å². The number of nitro benzene ring substituents is 1. The molecule has 0 radical (unpaired) electrons. The smallest absolute Gasteiger partial charge is 0.333 e. The van der Waals surface area contributed by atoms with E-state index in [4.69, 9.17) is 9.47 Å². The Balaban J connectivity index is 2.51. The van der Waals surface area contributed by atoms with Gasteiger partial charge in [0.1, 0.15) is 6.61 Å². The molecule has 1 atom stereocenters. The van der Waals surface area contributed by atoms with Crippen LogP contribution >= 0.6 is 0 Å². The molecule has 0 spiro atoms. The molecule has 0 N–H and O–H groups in total. The predicted octanol–water partition coefficient (Wildman–Crippen LogP) is 4.05. The third kappa shape index (κ3) is 5.87. The number of para-hydroxylation sites is 1. The molecule has 29 heavy (non-hydrogen) atoms. The summed E-state index contributed by atoms with van der Waals surface area (Å²) in [5.74, 6) is -2.39. The summed E-state index contributed by atoms with van der Waals surface area (Å²) in [6.45, 7) is 3.45. The highest BCUT2D eigenvalue weighted by Crippen LogP contribution is 2.33. The van der Waals surface area contributed by atoms with E-state index in [1.165, 1.54) is 31.4 Å². The van der Waals surface area contributed by atoms with Gasteiger partial charge in [0.05, 0.1) is 18.0 Å². The SMILES string of the molecule is C=CCOC(=O)C(C/C(=C/c1ccccc1)C(=O)OC)c1ccccc1[N+](=O)[O-]. The standard InChI is InChI=1S/C22H21NO6/c1-3-13-29-22(25)19(18-11-7-8-12-20(18)23(26)27)15-17(21(24)28-2)14-16-9-5-4-6-10-16/h3-12,14,19H,1,13,15H2,2H3/b17-14-. The fraction of sp³-hybridized carbons (Fsp3) is 0.182. The number of benzene rings is 2. The molecule has 7 nitrogen and oxygen atoms in total. The summed E-state index contributed by atoms with van der Waals surface area (Å²) in [6.07, 6.45) is 2.87. The Hall–Kier alpha value is -3.74. The average Bonchev–Trinajstić information content (AvgIpc) is 2.75. The van der Waals surface area contributed by atoms with Crippen LogP contribution in [0.1, 0.15) is 23.5 Å². The first kappa shape index (κ1) is 21.6. The van der Waals surface area contributed by atoms with Gasteiger partial charge in [-0.3, -0.25) is 14.9 Å². The number of hydrogen-bond donors (Lipinski definition) is 0. The fourth-order valence-corrected chi connectivity index (χ4v) is 2.81. The summed E-state index contributed by atoms with van der Waals surface area (Å²) in [5.41, 5.74) is 0.859. The predicted molar refractivity (Wildman–Crippen MR) is 108 cm³/mol. The zero-order valence-electron chi connectivity index (χ0n) is 15.9. The summed E-state index contributed by atoms with van der Waals surface area (Å²) < 4.78 is 10.00. The van der Waals surface area contributed by atoms with Crippen molar-refractivity contribution in [2.24, 2.45) is 0 Å². The number of carbonyl (C=O) groups is 2. The van der Waals surface area contributed by atoms with Gasteiger partial charge in [-0.15, -0.1) is 0 Å². The van der Waals surface area contributed by atoms with Crippen molar-refractivity contribution < 1.29 is 24.0 Å². The Morgan fingerprint density at radius 2 is 1.79 bits per heavy atom. The number of ether oxygens (including phenoxy) is 2. The number of methoxy groups -OCH3 is 1. The van der Waals surface area contributed by atoms with Crippen molar-refractivity contribution in [2.45, 2.75) is 12.3 Å². The monoisotopic (exact) mass is 395 g/mol. The van der Waals surface area contributed by atoms with Gasteiger partial charge in [-0.2, -0.15) is 0 Å². The molecular weight excluding hydrogens is 374 g/mol. The molecule has 1 unspecified atom stereocenters. The van der Waals surface area contributed by atoms with Crippen LogP contribution in [-0.4, -0.2) is 30.6 Å². The second-order valence-electron chi connectivity index (χ2n) is 6.06. The minimum absolute atomic E-state index is 0.0497. The summed E-state index contributed by atoms with van der Waals surface area (Å²) in [4.78, 5) is 35.9. The third-order valence-electron chi connectivity index (χ3n) is 4.15. The largest absolute Gasteiger partial charge is 0.466 e. The van der Waals surface area contributed by atoms with E-state index in [1.807, 2.05) is 6.07 Å². The van der Waals surface area contributed by atoms with Crippen LogP contribution in [0.4, 0.5) is 5.69 Å². The molecule has 0 aliphatic carbocycles. The van der Waals surface area contributed by atoms with Crippen LogP contribution in [0, 0.1) is 10.1 Å². The van der Waals surface area contributed by atoms with E-state index in [0.717, 1.165) is 5.56 Å². The van der Waals surface area contributed by atoms with E-state index >= 15 is 0 Å². The Bertz CT molecular complexity index is 920. The first-order valence-electron chi connectivity index (χ1n) is 8.82. The summed E-state index contributed by atoms with van der Waals surface area (Å²) in [5, 5.41) is 11.5. The lowest BCUT2D eigenvalue weighted by molar-refractivity contribution is -0.385. The summed E-state index contributed by atoms with van der Waals surface area (Å²) in [7, 11) is 1.23. The Morgan fingerprint density at radius 3 is 2.41 bits per heavy atom. The number of carbonyl (C=O) groups excluding carboxylic acids is 2. The van der Waals surface area contributed by atoms with Crippen LogP contribution < -0.4 is 0 Å².